The highest BCUT2D eigenvalue weighted by Crippen LogP contribution is 2.43. The van der Waals surface area contributed by atoms with Crippen LogP contribution in [-0.4, -0.2) is 20.6 Å². The minimum absolute atomic E-state index is 0.0344. The number of aromatic nitrogens is 1. The average molecular weight is 541 g/mol. The Hall–Kier alpha value is -1.13. The summed E-state index contributed by atoms with van der Waals surface area (Å²) in [5, 5.41) is 0. The van der Waals surface area contributed by atoms with Gasteiger partial charge < -0.3 is 17.6 Å². The van der Waals surface area contributed by atoms with Crippen LogP contribution in [-0.2, 0) is 0 Å². The van der Waals surface area contributed by atoms with Crippen molar-refractivity contribution in [1.29, 1.82) is 0 Å². The summed E-state index contributed by atoms with van der Waals surface area (Å²) in [6.07, 6.45) is 2.91. The van der Waals surface area contributed by atoms with Crippen LogP contribution in [0.2, 0.25) is 0 Å². The maximum atomic E-state index is 15.1. The number of nitrogens with zero attached hydrogens (tertiary/aromatic N) is 2. The Kier molecular flexibility index (Phi) is 3.93. The van der Waals surface area contributed by atoms with Crippen LogP contribution in [0.5, 0.6) is 0 Å². The fourth-order valence-corrected chi connectivity index (χ4v) is 4.57. The summed E-state index contributed by atoms with van der Waals surface area (Å²) < 4.78 is 60.6. The molecule has 2 aliphatic rings. The Morgan fingerprint density at radius 2 is 1.64 bits per heavy atom. The number of halogens is 7. The molecule has 1 aromatic heterocycles. The van der Waals surface area contributed by atoms with Gasteiger partial charge in [0.05, 0.1) is 14.6 Å². The van der Waals surface area contributed by atoms with Crippen molar-refractivity contribution >= 4 is 65.0 Å². The highest BCUT2D eigenvalue weighted by atomic mass is 79.9. The van der Waals surface area contributed by atoms with Crippen LogP contribution >= 0.6 is 47.8 Å². The number of hydrogen-bond acceptors (Lipinski definition) is 0. The Morgan fingerprint density at radius 3 is 2.36 bits per heavy atom. The standard InChI is InChI=1S/C15H6BBr3F4N2/c17-8-2-1-7(14(20)15(8)21)13-9-3-5-11(18)24(9)16(22,23)25-10(13)4-6-12(25)19/h1-6H. The van der Waals surface area contributed by atoms with Crippen molar-refractivity contribution in [3.8, 4) is 0 Å². The molecular weight excluding hydrogens is 535 g/mol. The van der Waals surface area contributed by atoms with E-state index in [1.54, 1.807) is 0 Å². The summed E-state index contributed by atoms with van der Waals surface area (Å²) >= 11 is 9.16. The highest BCUT2D eigenvalue weighted by Gasteiger charge is 2.54. The lowest BCUT2D eigenvalue weighted by Gasteiger charge is -2.32. The SMILES string of the molecule is Fc1c(Br)ccc(C2=C3C=CC(Br)=[N+]3[B-](F)(F)n3c(Br)ccc32)c1F. The van der Waals surface area contributed by atoms with Crippen molar-refractivity contribution in [2.75, 3.05) is 0 Å². The summed E-state index contributed by atoms with van der Waals surface area (Å²) in [6, 6.07) is 5.63. The lowest BCUT2D eigenvalue weighted by Crippen LogP contribution is -2.50. The van der Waals surface area contributed by atoms with E-state index in [4.69, 9.17) is 0 Å². The molecular formula is C15H6BBr3F4N2. The van der Waals surface area contributed by atoms with E-state index in [9.17, 15) is 8.78 Å². The van der Waals surface area contributed by atoms with E-state index in [1.165, 1.54) is 36.4 Å². The number of rotatable bonds is 1. The molecule has 128 valence electrons. The van der Waals surface area contributed by atoms with Crippen LogP contribution in [0.15, 0.2) is 51.2 Å². The van der Waals surface area contributed by atoms with Crippen molar-refractivity contribution in [1.82, 2.24) is 4.48 Å². The Bertz CT molecular complexity index is 1040. The number of allylic oxidation sites excluding steroid dienone is 2. The van der Waals surface area contributed by atoms with Crippen molar-refractivity contribution in [2.24, 2.45) is 0 Å². The molecule has 2 aliphatic heterocycles. The second-order valence-electron chi connectivity index (χ2n) is 5.51. The van der Waals surface area contributed by atoms with Crippen LogP contribution in [0.4, 0.5) is 17.4 Å². The maximum absolute atomic E-state index is 15.1. The number of hydrogen-bond donors (Lipinski definition) is 0. The number of benzene rings is 1. The van der Waals surface area contributed by atoms with Gasteiger partial charge in [0.15, 0.2) is 17.3 Å². The molecule has 25 heavy (non-hydrogen) atoms. The molecule has 0 amide bonds. The number of fused-ring (bicyclic) bond motifs is 2. The predicted octanol–water partition coefficient (Wildman–Crippen LogP) is 5.66. The monoisotopic (exact) mass is 538 g/mol. The van der Waals surface area contributed by atoms with E-state index in [0.717, 1.165) is 8.96 Å². The van der Waals surface area contributed by atoms with Gasteiger partial charge in [0.25, 0.3) is 0 Å². The first-order valence-corrected chi connectivity index (χ1v) is 9.40. The van der Waals surface area contributed by atoms with Crippen LogP contribution in [0, 0.1) is 11.6 Å². The fraction of sp³-hybridized carbons (Fsp3) is 0. The minimum Gasteiger partial charge on any atom is -0.389 e. The lowest BCUT2D eigenvalue weighted by atomic mass is 9.86. The second kappa shape index (κ2) is 5.69. The van der Waals surface area contributed by atoms with Gasteiger partial charge in [-0.25, -0.2) is 8.78 Å². The molecule has 2 nitrogen and oxygen atoms in total. The molecule has 0 saturated heterocycles. The lowest BCUT2D eigenvalue weighted by molar-refractivity contribution is -0.358. The molecule has 3 heterocycles. The van der Waals surface area contributed by atoms with E-state index in [1.807, 2.05) is 0 Å². The maximum Gasteiger partial charge on any atom is 0.738 e. The molecule has 0 atom stereocenters. The van der Waals surface area contributed by atoms with Crippen molar-refractivity contribution in [3.63, 3.8) is 0 Å². The molecule has 0 saturated carbocycles. The first kappa shape index (κ1) is 17.3. The van der Waals surface area contributed by atoms with Crippen molar-refractivity contribution in [3.05, 3.63) is 74.1 Å². The molecule has 10 heteroatoms. The van der Waals surface area contributed by atoms with E-state index in [0.29, 0.717) is 0 Å². The third kappa shape index (κ3) is 2.30. The molecule has 0 N–H and O–H groups in total. The molecule has 0 radical (unpaired) electrons. The predicted molar refractivity (Wildman–Crippen MR) is 98.9 cm³/mol. The van der Waals surface area contributed by atoms with Gasteiger partial charge in [-0.05, 0) is 56.1 Å². The van der Waals surface area contributed by atoms with Crippen molar-refractivity contribution in [2.45, 2.75) is 0 Å². The topological polar surface area (TPSA) is 7.94 Å². The van der Waals surface area contributed by atoms with Gasteiger partial charge in [0.1, 0.15) is 0 Å². The molecule has 0 unspecified atom stereocenters. The Balaban J connectivity index is 2.14. The van der Waals surface area contributed by atoms with Crippen LogP contribution in [0.1, 0.15) is 11.3 Å². The molecule has 2 aromatic rings. The first-order chi connectivity index (χ1) is 11.7. The third-order valence-electron chi connectivity index (χ3n) is 4.17. The van der Waals surface area contributed by atoms with Crippen molar-refractivity contribution < 1.29 is 21.9 Å². The van der Waals surface area contributed by atoms with Gasteiger partial charge in [0.2, 0.25) is 4.62 Å². The van der Waals surface area contributed by atoms with Gasteiger partial charge in [0, 0.05) is 39.3 Å². The zero-order valence-corrected chi connectivity index (χ0v) is 16.8. The first-order valence-electron chi connectivity index (χ1n) is 7.02. The highest BCUT2D eigenvalue weighted by molar-refractivity contribution is 9.18. The summed E-state index contributed by atoms with van der Waals surface area (Å²) in [5.41, 5.74) is 0.310. The van der Waals surface area contributed by atoms with Crippen LogP contribution in [0.25, 0.3) is 5.57 Å². The molecule has 1 aromatic carbocycles. The quantitative estimate of drug-likeness (QED) is 0.251. The molecule has 4 rings (SSSR count). The largest absolute Gasteiger partial charge is 0.738 e. The molecule has 0 bridgehead atoms. The summed E-state index contributed by atoms with van der Waals surface area (Å²) in [6.45, 7) is -4.20. The van der Waals surface area contributed by atoms with E-state index < -0.39 is 18.6 Å². The van der Waals surface area contributed by atoms with Crippen LogP contribution < -0.4 is 0 Å². The summed E-state index contributed by atoms with van der Waals surface area (Å²) in [5.74, 6) is -2.17. The van der Waals surface area contributed by atoms with E-state index in [2.05, 4.69) is 47.8 Å². The summed E-state index contributed by atoms with van der Waals surface area (Å²) in [4.78, 5) is 0. The normalized spacial score (nSPS) is 18.0. The minimum atomic E-state index is -4.20. The van der Waals surface area contributed by atoms with Gasteiger partial charge in [-0.15, -0.1) is 0 Å². The zero-order valence-electron chi connectivity index (χ0n) is 12.1. The van der Waals surface area contributed by atoms with Gasteiger partial charge in [-0.2, -0.15) is 0 Å². The molecule has 0 aliphatic carbocycles. The van der Waals surface area contributed by atoms with Gasteiger partial charge in [-0.3, -0.25) is 0 Å². The van der Waals surface area contributed by atoms with E-state index >= 15 is 8.63 Å². The van der Waals surface area contributed by atoms with Gasteiger partial charge >= 0.3 is 6.97 Å². The second-order valence-corrected chi connectivity index (χ2v) is 7.99. The zero-order chi connectivity index (χ0) is 18.1. The Morgan fingerprint density at radius 1 is 0.920 bits per heavy atom. The average Bonchev–Trinajstić information content (AvgIpc) is 3.12. The molecule has 0 fully saturated rings. The molecule has 0 spiro atoms. The van der Waals surface area contributed by atoms with Gasteiger partial charge in [-0.1, -0.05) is 0 Å². The van der Waals surface area contributed by atoms with E-state index in [-0.39, 0.29) is 36.2 Å². The Labute approximate surface area is 165 Å². The fourth-order valence-electron chi connectivity index (χ4n) is 3.13. The van der Waals surface area contributed by atoms with Crippen LogP contribution in [0.3, 0.4) is 0 Å². The third-order valence-corrected chi connectivity index (χ3v) is 6.08. The summed E-state index contributed by atoms with van der Waals surface area (Å²) in [7, 11) is 0. The smallest absolute Gasteiger partial charge is 0.389 e.